The van der Waals surface area contributed by atoms with Crippen molar-refractivity contribution in [1.82, 2.24) is 0 Å². The highest BCUT2D eigenvalue weighted by Gasteiger charge is 2.12. The summed E-state index contributed by atoms with van der Waals surface area (Å²) in [4.78, 5) is 0. The molecule has 0 N–H and O–H groups in total. The summed E-state index contributed by atoms with van der Waals surface area (Å²) in [6.45, 7) is 4.23. The number of hydrogen-bond donors (Lipinski definition) is 0. The molecule has 0 aliphatic heterocycles. The zero-order chi connectivity index (χ0) is 11.3. The van der Waals surface area contributed by atoms with Gasteiger partial charge in [-0.2, -0.15) is 0 Å². The molecule has 0 fully saturated rings. The van der Waals surface area contributed by atoms with E-state index in [1.807, 2.05) is 12.1 Å². The Labute approximate surface area is 92.2 Å². The molecule has 0 unspecified atom stereocenters. The summed E-state index contributed by atoms with van der Waals surface area (Å²) in [5.74, 6) is 1.85. The van der Waals surface area contributed by atoms with Gasteiger partial charge < -0.3 is 9.47 Å². The van der Waals surface area contributed by atoms with Gasteiger partial charge in [0, 0.05) is 5.56 Å². The van der Waals surface area contributed by atoms with Crippen LogP contribution in [0.2, 0.25) is 0 Å². The Kier molecular flexibility index (Phi) is 4.47. The molecular weight excluding hydrogens is 188 g/mol. The Morgan fingerprint density at radius 3 is 2.33 bits per heavy atom. The first-order valence-corrected chi connectivity index (χ1v) is 5.35. The van der Waals surface area contributed by atoms with Crippen molar-refractivity contribution in [3.05, 3.63) is 29.7 Å². The van der Waals surface area contributed by atoms with Crippen molar-refractivity contribution in [3.8, 4) is 11.5 Å². The van der Waals surface area contributed by atoms with E-state index in [9.17, 15) is 0 Å². The Hall–Kier alpha value is -1.18. The molecule has 2 nitrogen and oxygen atoms in total. The molecule has 1 radical (unpaired) electrons. The lowest BCUT2D eigenvalue weighted by atomic mass is 10.0. The second-order valence-electron chi connectivity index (χ2n) is 3.33. The van der Waals surface area contributed by atoms with Crippen molar-refractivity contribution in [2.24, 2.45) is 0 Å². The van der Waals surface area contributed by atoms with Crippen LogP contribution in [0.1, 0.15) is 31.4 Å². The molecule has 0 amide bonds. The van der Waals surface area contributed by atoms with Crippen molar-refractivity contribution in [2.75, 3.05) is 14.2 Å². The number of rotatable bonds is 5. The van der Waals surface area contributed by atoms with Gasteiger partial charge in [-0.25, -0.2) is 0 Å². The Balaban J connectivity index is 3.21. The zero-order valence-electron chi connectivity index (χ0n) is 9.96. The van der Waals surface area contributed by atoms with Gasteiger partial charge in [-0.1, -0.05) is 19.9 Å². The van der Waals surface area contributed by atoms with Crippen LogP contribution in [0.4, 0.5) is 0 Å². The fourth-order valence-electron chi connectivity index (χ4n) is 1.78. The third-order valence-electron chi connectivity index (χ3n) is 2.45. The number of benzene rings is 1. The zero-order valence-corrected chi connectivity index (χ0v) is 9.96. The smallest absolute Gasteiger partial charge is 0.129 e. The first-order valence-electron chi connectivity index (χ1n) is 5.35. The summed E-state index contributed by atoms with van der Waals surface area (Å²) in [6.07, 6.45) is 4.08. The van der Waals surface area contributed by atoms with E-state index >= 15 is 0 Å². The van der Waals surface area contributed by atoms with Crippen LogP contribution < -0.4 is 9.47 Å². The molecule has 0 saturated carbocycles. The third-order valence-corrected chi connectivity index (χ3v) is 2.45. The average molecular weight is 207 g/mol. The molecule has 0 aromatic heterocycles. The highest BCUT2D eigenvalue weighted by molar-refractivity contribution is 5.52. The topological polar surface area (TPSA) is 18.5 Å². The molecule has 0 saturated heterocycles. The minimum absolute atomic E-state index is 0.905. The van der Waals surface area contributed by atoms with Crippen molar-refractivity contribution < 1.29 is 9.47 Å². The van der Waals surface area contributed by atoms with Gasteiger partial charge in [0.1, 0.15) is 11.5 Å². The lowest BCUT2D eigenvalue weighted by molar-refractivity contribution is 0.384. The fraction of sp³-hybridized carbons (Fsp3) is 0.462. The van der Waals surface area contributed by atoms with Crippen LogP contribution in [0.25, 0.3) is 0 Å². The highest BCUT2D eigenvalue weighted by atomic mass is 16.5. The molecule has 0 atom stereocenters. The summed E-state index contributed by atoms with van der Waals surface area (Å²) in [5, 5.41) is 0. The Morgan fingerprint density at radius 2 is 1.87 bits per heavy atom. The van der Waals surface area contributed by atoms with Gasteiger partial charge in [-0.05, 0) is 30.9 Å². The molecule has 1 aromatic carbocycles. The van der Waals surface area contributed by atoms with Crippen molar-refractivity contribution in [1.29, 1.82) is 0 Å². The van der Waals surface area contributed by atoms with Crippen LogP contribution in [0.15, 0.2) is 12.1 Å². The summed E-state index contributed by atoms with van der Waals surface area (Å²) in [6, 6.07) is 4.04. The quantitative estimate of drug-likeness (QED) is 0.738. The predicted molar refractivity (Wildman–Crippen MR) is 62.6 cm³/mol. The molecule has 15 heavy (non-hydrogen) atoms. The minimum atomic E-state index is 0.905. The summed E-state index contributed by atoms with van der Waals surface area (Å²) < 4.78 is 10.8. The lowest BCUT2D eigenvalue weighted by Gasteiger charge is -2.15. The van der Waals surface area contributed by atoms with Crippen LogP contribution >= 0.6 is 0 Å². The van der Waals surface area contributed by atoms with Crippen LogP contribution in [-0.2, 0) is 6.42 Å². The van der Waals surface area contributed by atoms with E-state index in [2.05, 4.69) is 20.3 Å². The van der Waals surface area contributed by atoms with Crippen LogP contribution in [-0.4, -0.2) is 14.2 Å². The van der Waals surface area contributed by atoms with Crippen molar-refractivity contribution in [3.63, 3.8) is 0 Å². The van der Waals surface area contributed by atoms with Crippen LogP contribution in [0.5, 0.6) is 11.5 Å². The highest BCUT2D eigenvalue weighted by Crippen LogP contribution is 2.33. The summed E-state index contributed by atoms with van der Waals surface area (Å²) in [7, 11) is 3.40. The maximum absolute atomic E-state index is 5.45. The van der Waals surface area contributed by atoms with E-state index in [4.69, 9.17) is 9.47 Å². The number of ether oxygens (including phenoxy) is 2. The van der Waals surface area contributed by atoms with Crippen molar-refractivity contribution in [2.45, 2.75) is 26.7 Å². The predicted octanol–water partition coefficient (Wildman–Crippen LogP) is 3.23. The molecular formula is C13H19O2. The largest absolute Gasteiger partial charge is 0.496 e. The number of methoxy groups -OCH3 is 2. The van der Waals surface area contributed by atoms with E-state index in [-0.39, 0.29) is 0 Å². The first kappa shape index (κ1) is 11.9. The molecule has 0 aliphatic carbocycles. The molecule has 83 valence electrons. The molecule has 0 spiro atoms. The molecule has 2 heteroatoms. The summed E-state index contributed by atoms with van der Waals surface area (Å²) >= 11 is 0. The average Bonchev–Trinajstić information content (AvgIpc) is 2.28. The molecule has 0 aliphatic rings. The Bertz CT molecular complexity index is 319. The van der Waals surface area contributed by atoms with Gasteiger partial charge >= 0.3 is 0 Å². The number of hydrogen-bond acceptors (Lipinski definition) is 2. The van der Waals surface area contributed by atoms with Crippen LogP contribution in [0.3, 0.4) is 0 Å². The van der Waals surface area contributed by atoms with E-state index in [0.717, 1.165) is 35.5 Å². The van der Waals surface area contributed by atoms with Gasteiger partial charge in [0.05, 0.1) is 14.2 Å². The van der Waals surface area contributed by atoms with Crippen molar-refractivity contribution >= 4 is 0 Å². The molecule has 0 bridgehead atoms. The molecule has 1 rings (SSSR count). The van der Waals surface area contributed by atoms with Gasteiger partial charge in [0.15, 0.2) is 0 Å². The fourth-order valence-corrected chi connectivity index (χ4v) is 1.78. The lowest BCUT2D eigenvalue weighted by Crippen LogP contribution is -1.99. The van der Waals surface area contributed by atoms with E-state index in [1.54, 1.807) is 14.2 Å². The third kappa shape index (κ3) is 2.44. The van der Waals surface area contributed by atoms with E-state index in [0.29, 0.717) is 0 Å². The maximum atomic E-state index is 5.45. The van der Waals surface area contributed by atoms with Gasteiger partial charge in [-0.3, -0.25) is 0 Å². The monoisotopic (exact) mass is 207 g/mol. The molecule has 1 aromatic rings. The summed E-state index contributed by atoms with van der Waals surface area (Å²) in [5.41, 5.74) is 2.29. The first-order chi connectivity index (χ1) is 7.28. The standard InChI is InChI=1S/C13H19O2/c1-5-7-10-8-9-12(14-3)11(6-2)13(10)15-4/h7-9H,5-6H2,1-4H3. The second kappa shape index (κ2) is 5.64. The Morgan fingerprint density at radius 1 is 1.13 bits per heavy atom. The van der Waals surface area contributed by atoms with Crippen LogP contribution in [0, 0.1) is 6.42 Å². The normalized spacial score (nSPS) is 10.1. The van der Waals surface area contributed by atoms with E-state index in [1.165, 1.54) is 0 Å². The second-order valence-corrected chi connectivity index (χ2v) is 3.33. The SMILES string of the molecule is CC[CH]c1ccc(OC)c(CC)c1OC. The van der Waals surface area contributed by atoms with E-state index < -0.39 is 0 Å². The van der Waals surface area contributed by atoms with Gasteiger partial charge in [0.2, 0.25) is 0 Å². The van der Waals surface area contributed by atoms with Gasteiger partial charge in [0.25, 0.3) is 0 Å². The maximum Gasteiger partial charge on any atom is 0.129 e. The molecule has 0 heterocycles. The minimum Gasteiger partial charge on any atom is -0.496 e. The van der Waals surface area contributed by atoms with Gasteiger partial charge in [-0.15, -0.1) is 0 Å².